The highest BCUT2D eigenvalue weighted by Crippen LogP contribution is 2.24. The first kappa shape index (κ1) is 13.3. The molecule has 2 unspecified atom stereocenters. The molecule has 0 amide bonds. The first-order valence-electron chi connectivity index (χ1n) is 6.78. The third-order valence-corrected chi connectivity index (χ3v) is 3.63. The van der Waals surface area contributed by atoms with Gasteiger partial charge in [-0.25, -0.2) is 4.39 Å². The molecule has 1 N–H and O–H groups in total. The molecule has 2 atom stereocenters. The number of benzene rings is 1. The van der Waals surface area contributed by atoms with E-state index in [2.05, 4.69) is 24.1 Å². The van der Waals surface area contributed by atoms with Gasteiger partial charge >= 0.3 is 0 Å². The number of hydrogen-bond acceptors (Lipinski definition) is 2. The van der Waals surface area contributed by atoms with Gasteiger partial charge in [0.25, 0.3) is 0 Å². The van der Waals surface area contributed by atoms with Crippen LogP contribution in [0.15, 0.2) is 18.2 Å². The molecule has 3 heteroatoms. The smallest absolute Gasteiger partial charge is 0.128 e. The normalized spacial score (nSPS) is 25.7. The van der Waals surface area contributed by atoms with Crippen molar-refractivity contribution < 1.29 is 4.39 Å². The van der Waals surface area contributed by atoms with Crippen molar-refractivity contribution in [3.05, 3.63) is 29.6 Å². The van der Waals surface area contributed by atoms with Crippen LogP contribution < -0.4 is 10.2 Å². The van der Waals surface area contributed by atoms with Gasteiger partial charge in [-0.1, -0.05) is 19.9 Å². The fourth-order valence-electron chi connectivity index (χ4n) is 2.67. The van der Waals surface area contributed by atoms with E-state index < -0.39 is 0 Å². The summed E-state index contributed by atoms with van der Waals surface area (Å²) in [4.78, 5) is 2.34. The Labute approximate surface area is 109 Å². The summed E-state index contributed by atoms with van der Waals surface area (Å²) >= 11 is 0. The van der Waals surface area contributed by atoms with Crippen LogP contribution in [0.3, 0.4) is 0 Å². The van der Waals surface area contributed by atoms with Crippen LogP contribution >= 0.6 is 0 Å². The van der Waals surface area contributed by atoms with E-state index in [0.717, 1.165) is 37.4 Å². The van der Waals surface area contributed by atoms with Crippen LogP contribution in [0.2, 0.25) is 0 Å². The van der Waals surface area contributed by atoms with Gasteiger partial charge in [-0.15, -0.1) is 0 Å². The van der Waals surface area contributed by atoms with Crippen LogP contribution in [0, 0.1) is 24.6 Å². The zero-order valence-electron chi connectivity index (χ0n) is 11.5. The zero-order valence-corrected chi connectivity index (χ0v) is 11.5. The van der Waals surface area contributed by atoms with Crippen LogP contribution in [0.25, 0.3) is 0 Å². The molecular weight excluding hydrogens is 227 g/mol. The van der Waals surface area contributed by atoms with Gasteiger partial charge in [-0.2, -0.15) is 0 Å². The molecule has 1 fully saturated rings. The van der Waals surface area contributed by atoms with Crippen molar-refractivity contribution in [2.75, 3.05) is 31.1 Å². The lowest BCUT2D eigenvalue weighted by molar-refractivity contribution is 0.410. The molecule has 1 heterocycles. The van der Waals surface area contributed by atoms with Gasteiger partial charge < -0.3 is 10.2 Å². The maximum atomic E-state index is 13.7. The fraction of sp³-hybridized carbons (Fsp3) is 0.600. The Bertz CT molecular complexity index is 393. The highest BCUT2D eigenvalue weighted by Gasteiger charge is 2.19. The van der Waals surface area contributed by atoms with Crippen LogP contribution in [0.1, 0.15) is 19.4 Å². The molecule has 1 aromatic carbocycles. The summed E-state index contributed by atoms with van der Waals surface area (Å²) in [5.41, 5.74) is 1.82. The maximum Gasteiger partial charge on any atom is 0.128 e. The summed E-state index contributed by atoms with van der Waals surface area (Å²) in [6, 6.07) is 5.38. The quantitative estimate of drug-likeness (QED) is 0.824. The molecule has 100 valence electrons. The highest BCUT2D eigenvalue weighted by molar-refractivity contribution is 5.53. The van der Waals surface area contributed by atoms with Gasteiger partial charge in [0.2, 0.25) is 0 Å². The lowest BCUT2D eigenvalue weighted by atomic mass is 10.0. The number of nitrogens with one attached hydrogen (secondary N) is 1. The number of halogens is 1. The first-order chi connectivity index (χ1) is 8.58. The van der Waals surface area contributed by atoms with Gasteiger partial charge in [-0.05, 0) is 44.0 Å². The Hall–Kier alpha value is -1.09. The number of hydrogen-bond donors (Lipinski definition) is 1. The molecule has 18 heavy (non-hydrogen) atoms. The van der Waals surface area contributed by atoms with Crippen molar-refractivity contribution in [3.63, 3.8) is 0 Å². The number of rotatable bonds is 1. The molecule has 1 aliphatic rings. The van der Waals surface area contributed by atoms with E-state index in [0.29, 0.717) is 11.8 Å². The Morgan fingerprint density at radius 1 is 1.17 bits per heavy atom. The third-order valence-electron chi connectivity index (χ3n) is 3.63. The van der Waals surface area contributed by atoms with Crippen molar-refractivity contribution in [1.29, 1.82) is 0 Å². The molecule has 0 bridgehead atoms. The summed E-state index contributed by atoms with van der Waals surface area (Å²) in [5, 5.41) is 3.48. The van der Waals surface area contributed by atoms with Gasteiger partial charge in [0.05, 0.1) is 0 Å². The van der Waals surface area contributed by atoms with Crippen LogP contribution in [-0.2, 0) is 0 Å². The monoisotopic (exact) mass is 250 g/mol. The van der Waals surface area contributed by atoms with E-state index in [4.69, 9.17) is 0 Å². The Kier molecular flexibility index (Phi) is 4.23. The van der Waals surface area contributed by atoms with Gasteiger partial charge in [0.1, 0.15) is 5.82 Å². The van der Waals surface area contributed by atoms with Crippen molar-refractivity contribution >= 4 is 5.69 Å². The van der Waals surface area contributed by atoms with Crippen molar-refractivity contribution in [2.45, 2.75) is 20.8 Å². The van der Waals surface area contributed by atoms with Crippen molar-refractivity contribution in [3.8, 4) is 0 Å². The van der Waals surface area contributed by atoms with E-state index in [1.54, 1.807) is 0 Å². The minimum Gasteiger partial charge on any atom is -0.371 e. The predicted molar refractivity (Wildman–Crippen MR) is 74.5 cm³/mol. The standard InChI is InChI=1S/C15H23FN2/c1-11-7-17-8-12(2)10-18(9-11)15-6-4-5-14(16)13(15)3/h4-6,11-12,17H,7-10H2,1-3H3. The molecule has 1 saturated heterocycles. The van der Waals surface area contributed by atoms with Gasteiger partial charge in [0, 0.05) is 24.3 Å². The second kappa shape index (κ2) is 5.70. The molecular formula is C15H23FN2. The van der Waals surface area contributed by atoms with E-state index in [1.807, 2.05) is 19.1 Å². The minimum atomic E-state index is -0.104. The molecule has 2 rings (SSSR count). The number of anilines is 1. The topological polar surface area (TPSA) is 15.3 Å². The second-order valence-electron chi connectivity index (χ2n) is 5.66. The molecule has 1 aromatic rings. The van der Waals surface area contributed by atoms with Gasteiger partial charge in [0.15, 0.2) is 0 Å². The molecule has 0 aliphatic carbocycles. The Morgan fingerprint density at radius 2 is 1.78 bits per heavy atom. The van der Waals surface area contributed by atoms with Crippen molar-refractivity contribution in [1.82, 2.24) is 5.32 Å². The largest absolute Gasteiger partial charge is 0.371 e. The summed E-state index contributed by atoms with van der Waals surface area (Å²) in [6.45, 7) is 10.4. The van der Waals surface area contributed by atoms with Crippen LogP contribution in [-0.4, -0.2) is 26.2 Å². The van der Waals surface area contributed by atoms with Crippen LogP contribution in [0.5, 0.6) is 0 Å². The summed E-state index contributed by atoms with van der Waals surface area (Å²) in [6.07, 6.45) is 0. The summed E-state index contributed by atoms with van der Waals surface area (Å²) < 4.78 is 13.7. The molecule has 1 aliphatic heterocycles. The minimum absolute atomic E-state index is 0.104. The molecule has 0 spiro atoms. The first-order valence-corrected chi connectivity index (χ1v) is 6.78. The van der Waals surface area contributed by atoms with E-state index >= 15 is 0 Å². The highest BCUT2D eigenvalue weighted by atomic mass is 19.1. The molecule has 2 nitrogen and oxygen atoms in total. The maximum absolute atomic E-state index is 13.7. The summed E-state index contributed by atoms with van der Waals surface area (Å²) in [5.74, 6) is 1.06. The molecule has 0 radical (unpaired) electrons. The predicted octanol–water partition coefficient (Wildman–Crippen LogP) is 2.82. The van der Waals surface area contributed by atoms with E-state index in [1.165, 1.54) is 6.07 Å². The van der Waals surface area contributed by atoms with E-state index in [-0.39, 0.29) is 5.82 Å². The SMILES string of the molecule is Cc1c(F)cccc1N1CC(C)CNCC(C)C1. The van der Waals surface area contributed by atoms with Gasteiger partial charge in [-0.3, -0.25) is 0 Å². The number of nitrogens with zero attached hydrogens (tertiary/aromatic N) is 1. The lowest BCUT2D eigenvalue weighted by Crippen LogP contribution is -2.43. The van der Waals surface area contributed by atoms with E-state index in [9.17, 15) is 4.39 Å². The Balaban J connectivity index is 2.25. The average Bonchev–Trinajstić information content (AvgIpc) is 2.30. The zero-order chi connectivity index (χ0) is 13.1. The lowest BCUT2D eigenvalue weighted by Gasteiger charge is -2.34. The second-order valence-corrected chi connectivity index (χ2v) is 5.66. The third kappa shape index (κ3) is 3.02. The molecule has 0 saturated carbocycles. The Morgan fingerprint density at radius 3 is 2.39 bits per heavy atom. The summed E-state index contributed by atoms with van der Waals surface area (Å²) in [7, 11) is 0. The molecule has 0 aromatic heterocycles. The average molecular weight is 250 g/mol. The fourth-order valence-corrected chi connectivity index (χ4v) is 2.67. The van der Waals surface area contributed by atoms with Crippen LogP contribution in [0.4, 0.5) is 10.1 Å². The van der Waals surface area contributed by atoms with Crippen molar-refractivity contribution in [2.24, 2.45) is 11.8 Å².